The number of aromatic nitrogens is 1. The van der Waals surface area contributed by atoms with E-state index in [1.54, 1.807) is 11.3 Å². The van der Waals surface area contributed by atoms with Gasteiger partial charge in [0.25, 0.3) is 0 Å². The number of thiazole rings is 1. The maximum absolute atomic E-state index is 11.2. The van der Waals surface area contributed by atoms with Crippen molar-refractivity contribution >= 4 is 22.6 Å². The molecule has 8 heteroatoms. The Morgan fingerprint density at radius 3 is 2.97 bits per heavy atom. The van der Waals surface area contributed by atoms with Crippen molar-refractivity contribution in [3.8, 4) is 10.4 Å². The van der Waals surface area contributed by atoms with Gasteiger partial charge in [-0.15, -0.1) is 11.3 Å². The van der Waals surface area contributed by atoms with Crippen LogP contribution in [0.5, 0.6) is 0 Å². The summed E-state index contributed by atoms with van der Waals surface area (Å²) in [6.07, 6.45) is 8.48. The van der Waals surface area contributed by atoms with Gasteiger partial charge in [0, 0.05) is 24.6 Å². The quantitative estimate of drug-likeness (QED) is 0.597. The molecule has 154 valence electrons. The minimum absolute atomic E-state index is 0.0891. The van der Waals surface area contributed by atoms with E-state index in [-0.39, 0.29) is 18.1 Å². The van der Waals surface area contributed by atoms with Crippen LogP contribution in [0.4, 0.5) is 0 Å². The summed E-state index contributed by atoms with van der Waals surface area (Å²) in [4.78, 5) is 5.79. The lowest BCUT2D eigenvalue weighted by Crippen LogP contribution is -2.20. The van der Waals surface area contributed by atoms with E-state index in [1.165, 1.54) is 5.56 Å². The first kappa shape index (κ1) is 20.3. The number of hydrogen-bond acceptors (Lipinski definition) is 5. The molecule has 0 aliphatic heterocycles. The van der Waals surface area contributed by atoms with Gasteiger partial charge in [0.1, 0.15) is 10.8 Å². The number of ether oxygens (including phenoxy) is 1. The van der Waals surface area contributed by atoms with E-state index in [9.17, 15) is 8.76 Å². The van der Waals surface area contributed by atoms with Crippen LogP contribution in [0, 0.1) is 0 Å². The standard InChI is InChI=1S/C21H25N3O3S2/c1-12(2)27-19-9-6-13(10-17(19)22)21-23-11-20(28-21)16-5-3-4-15-14(16)7-8-18(15)24-29(25)26/h3-6,9,11-13,18,24H,7-8,10,22H2,1-2H3,(H,25,26)/t13?,18-/m0/s1. The van der Waals surface area contributed by atoms with E-state index >= 15 is 0 Å². The number of rotatable bonds is 6. The van der Waals surface area contributed by atoms with E-state index in [0.29, 0.717) is 6.42 Å². The zero-order valence-corrected chi connectivity index (χ0v) is 18.1. The first-order valence-corrected chi connectivity index (χ1v) is 11.6. The molecule has 0 saturated heterocycles. The van der Waals surface area contributed by atoms with Crippen LogP contribution in [0.25, 0.3) is 10.4 Å². The topological polar surface area (TPSA) is 97.5 Å². The minimum Gasteiger partial charge on any atom is -0.489 e. The molecule has 6 nitrogen and oxygen atoms in total. The second-order valence-electron chi connectivity index (χ2n) is 7.62. The molecule has 0 bridgehead atoms. The third-order valence-corrected chi connectivity index (χ3v) is 6.87. The Bertz CT molecular complexity index is 997. The van der Waals surface area contributed by atoms with Crippen molar-refractivity contribution in [2.24, 2.45) is 5.73 Å². The van der Waals surface area contributed by atoms with Crippen LogP contribution in [0.15, 0.2) is 48.0 Å². The van der Waals surface area contributed by atoms with Gasteiger partial charge in [0.05, 0.1) is 16.7 Å². The Hall–Kier alpha value is -2.00. The van der Waals surface area contributed by atoms with Crippen LogP contribution in [-0.2, 0) is 22.4 Å². The van der Waals surface area contributed by atoms with E-state index in [2.05, 4.69) is 21.8 Å². The van der Waals surface area contributed by atoms with E-state index in [1.807, 2.05) is 38.3 Å². The molecule has 1 aromatic heterocycles. The Kier molecular flexibility index (Phi) is 5.87. The average molecular weight is 432 g/mol. The molecule has 2 aliphatic rings. The normalized spacial score (nSPS) is 22.2. The number of hydrogen-bond donors (Lipinski definition) is 3. The summed E-state index contributed by atoms with van der Waals surface area (Å²) in [6, 6.07) is 6.05. The predicted molar refractivity (Wildman–Crippen MR) is 116 cm³/mol. The molecule has 3 atom stereocenters. The second kappa shape index (κ2) is 8.39. The monoisotopic (exact) mass is 431 g/mol. The Balaban J connectivity index is 1.56. The predicted octanol–water partition coefficient (Wildman–Crippen LogP) is 4.16. The number of nitrogens with zero attached hydrogens (tertiary/aromatic N) is 1. The summed E-state index contributed by atoms with van der Waals surface area (Å²) in [5.74, 6) is 0.907. The van der Waals surface area contributed by atoms with Crippen molar-refractivity contribution < 1.29 is 13.5 Å². The highest BCUT2D eigenvalue weighted by atomic mass is 32.2. The third kappa shape index (κ3) is 4.30. The van der Waals surface area contributed by atoms with E-state index < -0.39 is 11.3 Å². The van der Waals surface area contributed by atoms with Gasteiger partial charge in [-0.3, -0.25) is 4.55 Å². The van der Waals surface area contributed by atoms with Crippen molar-refractivity contribution in [2.45, 2.75) is 51.2 Å². The van der Waals surface area contributed by atoms with Gasteiger partial charge in [0.2, 0.25) is 11.3 Å². The van der Waals surface area contributed by atoms with Crippen LogP contribution in [0.3, 0.4) is 0 Å². The summed E-state index contributed by atoms with van der Waals surface area (Å²) in [6.45, 7) is 3.98. The van der Waals surface area contributed by atoms with Crippen molar-refractivity contribution in [2.75, 3.05) is 0 Å². The van der Waals surface area contributed by atoms with Crippen LogP contribution in [0.2, 0.25) is 0 Å². The van der Waals surface area contributed by atoms with Gasteiger partial charge in [-0.05, 0) is 49.5 Å². The second-order valence-corrected chi connectivity index (χ2v) is 9.42. The summed E-state index contributed by atoms with van der Waals surface area (Å²) in [5, 5.41) is 1.03. The molecule has 1 aromatic carbocycles. The van der Waals surface area contributed by atoms with Crippen LogP contribution in [0.1, 0.15) is 54.8 Å². The molecule has 0 radical (unpaired) electrons. The Morgan fingerprint density at radius 2 is 2.24 bits per heavy atom. The van der Waals surface area contributed by atoms with Crippen molar-refractivity contribution in [1.82, 2.24) is 9.71 Å². The SMILES string of the molecule is CC(C)OC1=C(N)CC(c2ncc(-c3cccc4c3CC[C@@H]4NS(=O)O)s2)C=C1. The molecule has 0 amide bonds. The molecule has 29 heavy (non-hydrogen) atoms. The number of benzene rings is 1. The molecular formula is C21H25N3O3S2. The Morgan fingerprint density at radius 1 is 1.41 bits per heavy atom. The van der Waals surface area contributed by atoms with Gasteiger partial charge in [-0.25, -0.2) is 13.9 Å². The molecule has 1 heterocycles. The number of fused-ring (bicyclic) bond motifs is 1. The van der Waals surface area contributed by atoms with Gasteiger partial charge >= 0.3 is 0 Å². The van der Waals surface area contributed by atoms with Gasteiger partial charge in [-0.1, -0.05) is 24.3 Å². The van der Waals surface area contributed by atoms with E-state index in [4.69, 9.17) is 10.5 Å². The fourth-order valence-corrected chi connectivity index (χ4v) is 5.51. The molecule has 0 fully saturated rings. The fraction of sp³-hybridized carbons (Fsp3) is 0.381. The lowest BCUT2D eigenvalue weighted by molar-refractivity contribution is 0.153. The van der Waals surface area contributed by atoms with Crippen molar-refractivity contribution in [3.05, 3.63) is 64.1 Å². The van der Waals surface area contributed by atoms with Gasteiger partial charge in [0.15, 0.2) is 0 Å². The fourth-order valence-electron chi connectivity index (χ4n) is 3.97. The first-order valence-electron chi connectivity index (χ1n) is 9.70. The molecule has 4 rings (SSSR count). The summed E-state index contributed by atoms with van der Waals surface area (Å²) in [5.41, 5.74) is 10.5. The molecule has 0 saturated carbocycles. The summed E-state index contributed by atoms with van der Waals surface area (Å²) >= 11 is -0.338. The number of allylic oxidation sites excluding steroid dienone is 3. The van der Waals surface area contributed by atoms with Crippen LogP contribution < -0.4 is 10.5 Å². The minimum atomic E-state index is -2.02. The molecular weight excluding hydrogens is 406 g/mol. The zero-order chi connectivity index (χ0) is 20.5. The molecule has 4 N–H and O–H groups in total. The zero-order valence-electron chi connectivity index (χ0n) is 16.4. The molecule has 2 unspecified atom stereocenters. The molecule has 0 spiro atoms. The van der Waals surface area contributed by atoms with Crippen LogP contribution in [-0.4, -0.2) is 19.8 Å². The highest BCUT2D eigenvalue weighted by Gasteiger charge is 2.27. The van der Waals surface area contributed by atoms with E-state index in [0.717, 1.165) is 45.3 Å². The maximum atomic E-state index is 11.2. The maximum Gasteiger partial charge on any atom is 0.232 e. The van der Waals surface area contributed by atoms with Gasteiger partial charge in [-0.2, -0.15) is 0 Å². The smallest absolute Gasteiger partial charge is 0.232 e. The highest BCUT2D eigenvalue weighted by molar-refractivity contribution is 7.77. The lowest BCUT2D eigenvalue weighted by Gasteiger charge is -2.20. The first-order chi connectivity index (χ1) is 13.9. The largest absolute Gasteiger partial charge is 0.489 e. The third-order valence-electron chi connectivity index (χ3n) is 5.22. The summed E-state index contributed by atoms with van der Waals surface area (Å²) in [7, 11) is 0. The number of nitrogens with two attached hydrogens (primary N) is 1. The van der Waals surface area contributed by atoms with Gasteiger partial charge < -0.3 is 10.5 Å². The highest BCUT2D eigenvalue weighted by Crippen LogP contribution is 2.41. The average Bonchev–Trinajstić information content (AvgIpc) is 3.30. The van der Waals surface area contributed by atoms with Crippen molar-refractivity contribution in [3.63, 3.8) is 0 Å². The molecule has 2 aromatic rings. The van der Waals surface area contributed by atoms with Crippen molar-refractivity contribution in [1.29, 1.82) is 0 Å². The number of nitrogens with one attached hydrogen (secondary N) is 1. The van der Waals surface area contributed by atoms with Crippen LogP contribution >= 0.6 is 11.3 Å². The summed E-state index contributed by atoms with van der Waals surface area (Å²) < 4.78 is 28.8. The lowest BCUT2D eigenvalue weighted by atomic mass is 9.98. The Labute approximate surface area is 177 Å². The molecule has 2 aliphatic carbocycles.